The number of hydrogen-bond acceptors (Lipinski definition) is 0. The maximum absolute atomic E-state index is 4.02. The first-order valence-corrected chi connectivity index (χ1v) is 9.28. The highest BCUT2D eigenvalue weighted by atomic mass is 15.0. The lowest BCUT2D eigenvalue weighted by Crippen LogP contribution is -2.31. The molecule has 3 aromatic carbocycles. The first-order valence-electron chi connectivity index (χ1n) is 9.28. The topological polar surface area (TPSA) is 3.88 Å². The molecular formula is C26H20N+. The van der Waals surface area contributed by atoms with Gasteiger partial charge in [0.15, 0.2) is 12.7 Å². The van der Waals surface area contributed by atoms with Gasteiger partial charge in [-0.05, 0) is 46.0 Å². The summed E-state index contributed by atoms with van der Waals surface area (Å²) in [5.74, 6) is 0. The maximum Gasteiger partial charge on any atom is 0.213 e. The van der Waals surface area contributed by atoms with E-state index in [0.717, 1.165) is 12.1 Å². The lowest BCUT2D eigenvalue weighted by Gasteiger charge is -2.14. The van der Waals surface area contributed by atoms with Gasteiger partial charge in [0.2, 0.25) is 5.69 Å². The summed E-state index contributed by atoms with van der Waals surface area (Å²) in [6.45, 7) is 4.94. The summed E-state index contributed by atoms with van der Waals surface area (Å²) < 4.78 is 2.32. The second-order valence-corrected chi connectivity index (χ2v) is 6.93. The molecule has 128 valence electrons. The van der Waals surface area contributed by atoms with Crippen molar-refractivity contribution in [2.24, 2.45) is 0 Å². The Morgan fingerprint density at radius 2 is 1.48 bits per heavy atom. The first kappa shape index (κ1) is 15.8. The number of rotatable bonds is 3. The Balaban J connectivity index is 1.81. The van der Waals surface area contributed by atoms with Crippen LogP contribution in [0.3, 0.4) is 0 Å². The van der Waals surface area contributed by atoms with Gasteiger partial charge in [-0.25, -0.2) is 0 Å². The second kappa shape index (κ2) is 6.37. The van der Waals surface area contributed by atoms with E-state index >= 15 is 0 Å². The number of pyridine rings is 1. The Morgan fingerprint density at radius 1 is 0.704 bits per heavy atom. The van der Waals surface area contributed by atoms with Gasteiger partial charge < -0.3 is 0 Å². The molecule has 0 amide bonds. The minimum Gasteiger partial charge on any atom is -0.194 e. The minimum atomic E-state index is 0.920. The van der Waals surface area contributed by atoms with Crippen molar-refractivity contribution in [1.82, 2.24) is 0 Å². The van der Waals surface area contributed by atoms with Crippen molar-refractivity contribution in [2.75, 3.05) is 0 Å². The fourth-order valence-corrected chi connectivity index (χ4v) is 4.06. The van der Waals surface area contributed by atoms with Gasteiger partial charge in [-0.15, -0.1) is 0 Å². The molecule has 0 atom stereocenters. The Labute approximate surface area is 159 Å². The SMILES string of the molecule is C=Cc1ccccc1-c1cc2c(cc1-c1ccccc1)-c1cccc[n+]1C2. The minimum absolute atomic E-state index is 0.920. The summed E-state index contributed by atoms with van der Waals surface area (Å²) in [4.78, 5) is 0. The molecule has 5 rings (SSSR count). The number of benzene rings is 3. The van der Waals surface area contributed by atoms with E-state index in [1.165, 1.54) is 39.1 Å². The quantitative estimate of drug-likeness (QED) is 0.354. The van der Waals surface area contributed by atoms with Crippen LogP contribution in [0.15, 0.2) is 97.7 Å². The van der Waals surface area contributed by atoms with Crippen LogP contribution in [-0.2, 0) is 6.54 Å². The molecule has 27 heavy (non-hydrogen) atoms. The van der Waals surface area contributed by atoms with Crippen molar-refractivity contribution < 1.29 is 4.57 Å². The molecule has 1 heteroatoms. The molecule has 0 spiro atoms. The molecule has 0 fully saturated rings. The number of fused-ring (bicyclic) bond motifs is 3. The van der Waals surface area contributed by atoms with Gasteiger partial charge in [0.05, 0.1) is 5.56 Å². The predicted molar refractivity (Wildman–Crippen MR) is 112 cm³/mol. The zero-order valence-corrected chi connectivity index (χ0v) is 15.1. The second-order valence-electron chi connectivity index (χ2n) is 6.93. The normalized spacial score (nSPS) is 11.7. The molecule has 1 aliphatic rings. The highest BCUT2D eigenvalue weighted by molar-refractivity contribution is 5.90. The lowest BCUT2D eigenvalue weighted by atomic mass is 9.88. The summed E-state index contributed by atoms with van der Waals surface area (Å²) in [6.07, 6.45) is 4.11. The van der Waals surface area contributed by atoms with E-state index in [1.807, 2.05) is 6.08 Å². The van der Waals surface area contributed by atoms with Crippen LogP contribution < -0.4 is 4.57 Å². The molecule has 0 unspecified atom stereocenters. The standard InChI is InChI=1S/C26H20N/c1-2-19-10-6-7-13-22(19)25-16-21-18-27-15-9-8-14-26(27)24(21)17-23(25)20-11-4-3-5-12-20/h2-17H,1,18H2/q+1. The molecule has 0 saturated heterocycles. The van der Waals surface area contributed by atoms with Crippen LogP contribution in [0.1, 0.15) is 11.1 Å². The Kier molecular flexibility index (Phi) is 3.72. The van der Waals surface area contributed by atoms with E-state index in [9.17, 15) is 0 Å². The fraction of sp³-hybridized carbons (Fsp3) is 0.0385. The van der Waals surface area contributed by atoms with Crippen molar-refractivity contribution in [3.8, 4) is 33.5 Å². The third-order valence-electron chi connectivity index (χ3n) is 5.36. The zero-order chi connectivity index (χ0) is 18.2. The zero-order valence-electron chi connectivity index (χ0n) is 15.1. The third kappa shape index (κ3) is 2.60. The van der Waals surface area contributed by atoms with Crippen LogP contribution in [0.25, 0.3) is 39.6 Å². The Morgan fingerprint density at radius 3 is 2.33 bits per heavy atom. The van der Waals surface area contributed by atoms with Gasteiger partial charge in [-0.2, -0.15) is 4.57 Å². The van der Waals surface area contributed by atoms with Crippen LogP contribution in [0.4, 0.5) is 0 Å². The van der Waals surface area contributed by atoms with Gasteiger partial charge in [0.1, 0.15) is 0 Å². The van der Waals surface area contributed by atoms with E-state index in [-0.39, 0.29) is 0 Å². The molecule has 0 aliphatic carbocycles. The van der Waals surface area contributed by atoms with Crippen LogP contribution in [0.5, 0.6) is 0 Å². The van der Waals surface area contributed by atoms with Crippen molar-refractivity contribution in [3.05, 3.63) is 109 Å². The fourth-order valence-electron chi connectivity index (χ4n) is 4.06. The average molecular weight is 346 g/mol. The summed E-state index contributed by atoms with van der Waals surface area (Å²) in [7, 11) is 0. The van der Waals surface area contributed by atoms with Crippen molar-refractivity contribution in [2.45, 2.75) is 6.54 Å². The molecule has 1 aliphatic heterocycles. The largest absolute Gasteiger partial charge is 0.213 e. The molecule has 0 N–H and O–H groups in total. The summed E-state index contributed by atoms with van der Waals surface area (Å²) in [5, 5.41) is 0. The smallest absolute Gasteiger partial charge is 0.194 e. The average Bonchev–Trinajstić information content (AvgIpc) is 3.11. The Hall–Kier alpha value is -3.45. The van der Waals surface area contributed by atoms with Gasteiger partial charge >= 0.3 is 0 Å². The molecule has 0 saturated carbocycles. The summed E-state index contributed by atoms with van der Waals surface area (Å²) >= 11 is 0. The molecule has 1 aromatic heterocycles. The van der Waals surface area contributed by atoms with Crippen molar-refractivity contribution >= 4 is 6.08 Å². The molecule has 1 nitrogen and oxygen atoms in total. The Bertz CT molecular complexity index is 1160. The van der Waals surface area contributed by atoms with Crippen molar-refractivity contribution in [1.29, 1.82) is 0 Å². The van der Waals surface area contributed by atoms with Gasteiger partial charge in [-0.1, -0.05) is 67.3 Å². The third-order valence-corrected chi connectivity index (χ3v) is 5.36. The van der Waals surface area contributed by atoms with Gasteiger partial charge in [-0.3, -0.25) is 0 Å². The predicted octanol–water partition coefficient (Wildman–Crippen LogP) is 5.98. The van der Waals surface area contributed by atoms with Gasteiger partial charge in [0, 0.05) is 17.7 Å². The molecule has 0 bridgehead atoms. The van der Waals surface area contributed by atoms with E-state index in [1.54, 1.807) is 0 Å². The monoisotopic (exact) mass is 346 g/mol. The number of nitrogens with zero attached hydrogens (tertiary/aromatic N) is 1. The molecule has 2 heterocycles. The summed E-state index contributed by atoms with van der Waals surface area (Å²) in [5.41, 5.74) is 10.2. The van der Waals surface area contributed by atoms with Crippen LogP contribution in [-0.4, -0.2) is 0 Å². The first-order chi connectivity index (χ1) is 13.3. The van der Waals surface area contributed by atoms with E-state index in [4.69, 9.17) is 0 Å². The number of aromatic nitrogens is 1. The molecule has 4 aromatic rings. The van der Waals surface area contributed by atoms with Crippen LogP contribution in [0, 0.1) is 0 Å². The van der Waals surface area contributed by atoms with Crippen molar-refractivity contribution in [3.63, 3.8) is 0 Å². The molecular weight excluding hydrogens is 326 g/mol. The maximum atomic E-state index is 4.02. The highest BCUT2D eigenvalue weighted by Gasteiger charge is 2.27. The van der Waals surface area contributed by atoms with Gasteiger partial charge in [0.25, 0.3) is 0 Å². The van der Waals surface area contributed by atoms with E-state index < -0.39 is 0 Å². The summed E-state index contributed by atoms with van der Waals surface area (Å²) in [6, 6.07) is 30.3. The van der Waals surface area contributed by atoms with E-state index in [0.29, 0.717) is 0 Å². The van der Waals surface area contributed by atoms with Crippen LogP contribution >= 0.6 is 0 Å². The highest BCUT2D eigenvalue weighted by Crippen LogP contribution is 2.40. The molecule has 0 radical (unpaired) electrons. The van der Waals surface area contributed by atoms with Crippen LogP contribution in [0.2, 0.25) is 0 Å². The van der Waals surface area contributed by atoms with E-state index in [2.05, 4.69) is 102 Å². The number of hydrogen-bond donors (Lipinski definition) is 0. The lowest BCUT2D eigenvalue weighted by molar-refractivity contribution is -0.672.